The second-order valence-corrected chi connectivity index (χ2v) is 5.83. The standard InChI is InChI=1S/C13H7Cl2FN2S/c14-8-3-6(4-9(15)12(8)17)13-18-10-2-1-7(16)5-11(10)19-13/h1-5H,17H2. The molecule has 1 heterocycles. The molecule has 0 bridgehead atoms. The van der Waals surface area contributed by atoms with Crippen molar-refractivity contribution in [1.29, 1.82) is 0 Å². The van der Waals surface area contributed by atoms with Gasteiger partial charge in [0.2, 0.25) is 0 Å². The highest BCUT2D eigenvalue weighted by Crippen LogP contribution is 2.36. The van der Waals surface area contributed by atoms with Crippen LogP contribution >= 0.6 is 34.5 Å². The Morgan fingerprint density at radius 1 is 1.11 bits per heavy atom. The third-order valence-electron chi connectivity index (χ3n) is 2.68. The van der Waals surface area contributed by atoms with Crippen LogP contribution in [0, 0.1) is 5.82 Å². The van der Waals surface area contributed by atoms with Gasteiger partial charge in [-0.15, -0.1) is 11.3 Å². The Labute approximate surface area is 122 Å². The average molecular weight is 313 g/mol. The van der Waals surface area contributed by atoms with Crippen LogP contribution in [0.3, 0.4) is 0 Å². The van der Waals surface area contributed by atoms with E-state index in [1.165, 1.54) is 23.5 Å². The minimum atomic E-state index is -0.281. The molecule has 0 aliphatic carbocycles. The van der Waals surface area contributed by atoms with E-state index >= 15 is 0 Å². The second kappa shape index (κ2) is 4.63. The molecule has 2 aromatic carbocycles. The smallest absolute Gasteiger partial charge is 0.124 e. The van der Waals surface area contributed by atoms with Gasteiger partial charge >= 0.3 is 0 Å². The van der Waals surface area contributed by atoms with E-state index < -0.39 is 0 Å². The van der Waals surface area contributed by atoms with E-state index in [4.69, 9.17) is 28.9 Å². The van der Waals surface area contributed by atoms with Crippen LogP contribution in [0.5, 0.6) is 0 Å². The fourth-order valence-electron chi connectivity index (χ4n) is 1.73. The quantitative estimate of drug-likeness (QED) is 0.643. The fraction of sp³-hybridized carbons (Fsp3) is 0. The first kappa shape index (κ1) is 12.7. The lowest BCUT2D eigenvalue weighted by atomic mass is 10.2. The summed E-state index contributed by atoms with van der Waals surface area (Å²) in [6.45, 7) is 0. The van der Waals surface area contributed by atoms with Crippen LogP contribution in [0.15, 0.2) is 30.3 Å². The van der Waals surface area contributed by atoms with Crippen molar-refractivity contribution in [2.45, 2.75) is 0 Å². The zero-order valence-electron chi connectivity index (χ0n) is 9.45. The molecular weight excluding hydrogens is 306 g/mol. The number of benzene rings is 2. The van der Waals surface area contributed by atoms with E-state index in [0.717, 1.165) is 20.8 Å². The Hall–Kier alpha value is -1.36. The predicted octanol–water partition coefficient (Wildman–Crippen LogP) is 4.99. The number of halogens is 3. The van der Waals surface area contributed by atoms with Gasteiger partial charge in [-0.05, 0) is 30.3 Å². The van der Waals surface area contributed by atoms with Gasteiger partial charge < -0.3 is 5.73 Å². The minimum absolute atomic E-state index is 0.281. The first-order valence-corrected chi connectivity index (χ1v) is 6.93. The van der Waals surface area contributed by atoms with E-state index in [-0.39, 0.29) is 5.82 Å². The number of nitrogens with zero attached hydrogens (tertiary/aromatic N) is 1. The number of anilines is 1. The van der Waals surface area contributed by atoms with E-state index in [1.54, 1.807) is 18.2 Å². The zero-order chi connectivity index (χ0) is 13.6. The normalized spacial score (nSPS) is 11.1. The maximum absolute atomic E-state index is 13.1. The average Bonchev–Trinajstić information content (AvgIpc) is 2.78. The lowest BCUT2D eigenvalue weighted by molar-refractivity contribution is 0.630. The topological polar surface area (TPSA) is 38.9 Å². The summed E-state index contributed by atoms with van der Waals surface area (Å²) in [5.41, 5.74) is 7.55. The van der Waals surface area contributed by atoms with Crippen molar-refractivity contribution in [3.8, 4) is 10.6 Å². The molecule has 19 heavy (non-hydrogen) atoms. The van der Waals surface area contributed by atoms with E-state index in [0.29, 0.717) is 15.7 Å². The third kappa shape index (κ3) is 2.27. The van der Waals surface area contributed by atoms with Crippen LogP contribution in [0.4, 0.5) is 10.1 Å². The summed E-state index contributed by atoms with van der Waals surface area (Å²) in [7, 11) is 0. The van der Waals surface area contributed by atoms with Gasteiger partial charge in [0.15, 0.2) is 0 Å². The van der Waals surface area contributed by atoms with Gasteiger partial charge in [0.1, 0.15) is 10.8 Å². The number of hydrogen-bond acceptors (Lipinski definition) is 3. The number of nitrogens with two attached hydrogens (primary N) is 1. The Balaban J connectivity index is 2.19. The first-order chi connectivity index (χ1) is 9.04. The van der Waals surface area contributed by atoms with Gasteiger partial charge in [-0.3, -0.25) is 0 Å². The lowest BCUT2D eigenvalue weighted by Crippen LogP contribution is -1.88. The molecule has 0 unspecified atom stereocenters. The Morgan fingerprint density at radius 3 is 2.47 bits per heavy atom. The molecule has 2 nitrogen and oxygen atoms in total. The molecule has 0 aliphatic heterocycles. The molecule has 96 valence electrons. The van der Waals surface area contributed by atoms with Crippen molar-refractivity contribution in [3.63, 3.8) is 0 Å². The summed E-state index contributed by atoms with van der Waals surface area (Å²) >= 11 is 13.4. The summed E-state index contributed by atoms with van der Waals surface area (Å²) < 4.78 is 13.9. The highest BCUT2D eigenvalue weighted by Gasteiger charge is 2.11. The van der Waals surface area contributed by atoms with Gasteiger partial charge in [0.25, 0.3) is 0 Å². The minimum Gasteiger partial charge on any atom is -0.396 e. The Kier molecular flexibility index (Phi) is 3.09. The Bertz CT molecular complexity index is 762. The molecule has 0 saturated heterocycles. The predicted molar refractivity (Wildman–Crippen MR) is 79.4 cm³/mol. The van der Waals surface area contributed by atoms with Crippen molar-refractivity contribution < 1.29 is 4.39 Å². The molecule has 0 atom stereocenters. The molecule has 0 radical (unpaired) electrons. The number of hydrogen-bond donors (Lipinski definition) is 1. The maximum Gasteiger partial charge on any atom is 0.124 e. The lowest BCUT2D eigenvalue weighted by Gasteiger charge is -2.03. The molecule has 0 amide bonds. The summed E-state index contributed by atoms with van der Waals surface area (Å²) in [4.78, 5) is 4.43. The maximum atomic E-state index is 13.1. The highest BCUT2D eigenvalue weighted by molar-refractivity contribution is 7.21. The summed E-state index contributed by atoms with van der Waals surface area (Å²) in [5.74, 6) is -0.281. The molecule has 2 N–H and O–H groups in total. The van der Waals surface area contributed by atoms with Crippen molar-refractivity contribution in [1.82, 2.24) is 4.98 Å². The first-order valence-electron chi connectivity index (χ1n) is 5.35. The van der Waals surface area contributed by atoms with Gasteiger partial charge in [-0.25, -0.2) is 9.37 Å². The number of thiazole rings is 1. The van der Waals surface area contributed by atoms with Crippen LogP contribution in [0.1, 0.15) is 0 Å². The molecule has 0 saturated carbocycles. The molecule has 6 heteroatoms. The van der Waals surface area contributed by atoms with E-state index in [9.17, 15) is 4.39 Å². The number of aromatic nitrogens is 1. The van der Waals surface area contributed by atoms with Crippen LogP contribution in [-0.2, 0) is 0 Å². The number of rotatable bonds is 1. The van der Waals surface area contributed by atoms with Gasteiger partial charge in [0.05, 0.1) is 25.9 Å². The fourth-order valence-corrected chi connectivity index (χ4v) is 3.19. The van der Waals surface area contributed by atoms with Crippen LogP contribution in [0.2, 0.25) is 10.0 Å². The van der Waals surface area contributed by atoms with Crippen LogP contribution < -0.4 is 5.73 Å². The third-order valence-corrected chi connectivity index (χ3v) is 4.37. The summed E-state index contributed by atoms with van der Waals surface area (Å²) in [6, 6.07) is 7.89. The van der Waals surface area contributed by atoms with Crippen LogP contribution in [0.25, 0.3) is 20.8 Å². The molecule has 0 aliphatic rings. The van der Waals surface area contributed by atoms with Gasteiger partial charge in [0, 0.05) is 5.56 Å². The molecule has 0 spiro atoms. The van der Waals surface area contributed by atoms with E-state index in [2.05, 4.69) is 4.98 Å². The number of fused-ring (bicyclic) bond motifs is 1. The largest absolute Gasteiger partial charge is 0.396 e. The molecular formula is C13H7Cl2FN2S. The second-order valence-electron chi connectivity index (χ2n) is 3.98. The highest BCUT2D eigenvalue weighted by atomic mass is 35.5. The monoisotopic (exact) mass is 312 g/mol. The zero-order valence-corrected chi connectivity index (χ0v) is 11.8. The van der Waals surface area contributed by atoms with E-state index in [1.807, 2.05) is 0 Å². The Morgan fingerprint density at radius 2 is 1.79 bits per heavy atom. The van der Waals surface area contributed by atoms with Gasteiger partial charge in [-0.2, -0.15) is 0 Å². The molecule has 0 fully saturated rings. The van der Waals surface area contributed by atoms with Crippen molar-refractivity contribution in [2.75, 3.05) is 5.73 Å². The molecule has 1 aromatic heterocycles. The van der Waals surface area contributed by atoms with Crippen LogP contribution in [-0.4, -0.2) is 4.98 Å². The van der Waals surface area contributed by atoms with Crippen molar-refractivity contribution >= 4 is 50.4 Å². The SMILES string of the molecule is Nc1c(Cl)cc(-c2nc3ccc(F)cc3s2)cc1Cl. The van der Waals surface area contributed by atoms with Crippen molar-refractivity contribution in [3.05, 3.63) is 46.2 Å². The van der Waals surface area contributed by atoms with Crippen molar-refractivity contribution in [2.24, 2.45) is 0 Å². The summed E-state index contributed by atoms with van der Waals surface area (Å²) in [5, 5.41) is 1.49. The summed E-state index contributed by atoms with van der Waals surface area (Å²) in [6.07, 6.45) is 0. The molecule has 3 rings (SSSR count). The molecule has 3 aromatic rings. The van der Waals surface area contributed by atoms with Gasteiger partial charge in [-0.1, -0.05) is 23.2 Å². The number of nitrogen functional groups attached to an aromatic ring is 1.